The normalized spacial score (nSPS) is 24.8. The Kier molecular flexibility index (Phi) is 4.41. The monoisotopic (exact) mass is 318 g/mol. The average molecular weight is 318 g/mol. The van der Waals surface area contributed by atoms with Crippen LogP contribution in [0.15, 0.2) is 24.3 Å². The van der Waals surface area contributed by atoms with Crippen molar-refractivity contribution < 1.29 is 19.4 Å². The number of hydrogen-bond acceptors (Lipinski definition) is 4. The van der Waals surface area contributed by atoms with E-state index >= 15 is 0 Å². The summed E-state index contributed by atoms with van der Waals surface area (Å²) in [6.07, 6.45) is 3.24. The first kappa shape index (κ1) is 15.6. The third kappa shape index (κ3) is 3.11. The van der Waals surface area contributed by atoms with Crippen LogP contribution >= 0.6 is 0 Å². The molecule has 0 bridgehead atoms. The molecule has 6 nitrogen and oxygen atoms in total. The van der Waals surface area contributed by atoms with E-state index < -0.39 is 0 Å². The van der Waals surface area contributed by atoms with Gasteiger partial charge in [0.05, 0.1) is 13.0 Å². The van der Waals surface area contributed by atoms with E-state index in [4.69, 9.17) is 4.74 Å². The topological polar surface area (TPSA) is 70.1 Å². The number of benzene rings is 1. The van der Waals surface area contributed by atoms with Crippen LogP contribution in [0.25, 0.3) is 0 Å². The summed E-state index contributed by atoms with van der Waals surface area (Å²) in [5, 5.41) is 9.36. The molecular weight excluding hydrogens is 296 g/mol. The molecule has 1 aliphatic heterocycles. The molecule has 1 N–H and O–H groups in total. The smallest absolute Gasteiger partial charge is 0.324 e. The molecule has 0 unspecified atom stereocenters. The van der Waals surface area contributed by atoms with Crippen molar-refractivity contribution in [3.05, 3.63) is 24.3 Å². The Balaban J connectivity index is 1.61. The van der Waals surface area contributed by atoms with E-state index in [0.717, 1.165) is 31.4 Å². The Bertz CT molecular complexity index is 579. The van der Waals surface area contributed by atoms with E-state index in [2.05, 4.69) is 0 Å². The van der Waals surface area contributed by atoms with Gasteiger partial charge in [0.2, 0.25) is 0 Å². The number of aromatic hydroxyl groups is 1. The molecule has 1 heterocycles. The minimum atomic E-state index is -0.137. The van der Waals surface area contributed by atoms with Crippen molar-refractivity contribution in [1.82, 2.24) is 4.90 Å². The first-order valence-corrected chi connectivity index (χ1v) is 8.05. The minimum absolute atomic E-state index is 0.0113. The van der Waals surface area contributed by atoms with Gasteiger partial charge in [0.15, 0.2) is 0 Å². The highest BCUT2D eigenvalue weighted by molar-refractivity contribution is 5.94. The van der Waals surface area contributed by atoms with Crippen molar-refractivity contribution in [3.8, 4) is 5.75 Å². The second-order valence-corrected chi connectivity index (χ2v) is 6.17. The number of methoxy groups -OCH3 is 1. The molecule has 1 aliphatic carbocycles. The molecule has 1 saturated carbocycles. The second kappa shape index (κ2) is 6.48. The fourth-order valence-corrected chi connectivity index (χ4v) is 3.55. The summed E-state index contributed by atoms with van der Waals surface area (Å²) in [6.45, 7) is 1.35. The molecule has 124 valence electrons. The number of phenolic OH excluding ortho intramolecular Hbond substituents is 1. The maximum absolute atomic E-state index is 12.7. The van der Waals surface area contributed by atoms with Crippen LogP contribution in [0.4, 0.5) is 10.5 Å². The van der Waals surface area contributed by atoms with Crippen LogP contribution in [-0.2, 0) is 9.53 Å². The third-order valence-corrected chi connectivity index (χ3v) is 4.87. The minimum Gasteiger partial charge on any atom is -0.508 e. The van der Waals surface area contributed by atoms with Crippen molar-refractivity contribution in [2.75, 3.05) is 25.1 Å². The highest BCUT2D eigenvalue weighted by Crippen LogP contribution is 2.31. The van der Waals surface area contributed by atoms with Gasteiger partial charge in [-0.3, -0.25) is 9.69 Å². The summed E-state index contributed by atoms with van der Waals surface area (Å²) in [4.78, 5) is 27.9. The Labute approximate surface area is 135 Å². The maximum atomic E-state index is 12.7. The highest BCUT2D eigenvalue weighted by Gasteiger charge is 2.37. The third-order valence-electron chi connectivity index (χ3n) is 4.87. The van der Waals surface area contributed by atoms with Gasteiger partial charge in [-0.15, -0.1) is 0 Å². The molecule has 2 aliphatic rings. The zero-order valence-electron chi connectivity index (χ0n) is 13.3. The molecule has 1 aromatic carbocycles. The van der Waals surface area contributed by atoms with Gasteiger partial charge in [0, 0.05) is 24.8 Å². The van der Waals surface area contributed by atoms with Crippen molar-refractivity contribution in [1.29, 1.82) is 0 Å². The molecule has 2 amide bonds. The Morgan fingerprint density at radius 2 is 1.78 bits per heavy atom. The average Bonchev–Trinajstić information content (AvgIpc) is 2.96. The molecular formula is C17H22N2O4. The molecule has 3 rings (SSSR count). The summed E-state index contributed by atoms with van der Waals surface area (Å²) in [7, 11) is 1.42. The van der Waals surface area contributed by atoms with E-state index in [1.807, 2.05) is 4.90 Å². The Morgan fingerprint density at radius 3 is 2.39 bits per heavy atom. The predicted octanol–water partition coefficient (Wildman–Crippen LogP) is 2.37. The van der Waals surface area contributed by atoms with E-state index in [0.29, 0.717) is 13.1 Å². The van der Waals surface area contributed by atoms with Crippen LogP contribution in [0.5, 0.6) is 5.75 Å². The van der Waals surface area contributed by atoms with Crippen LogP contribution in [0.3, 0.4) is 0 Å². The molecule has 1 aromatic rings. The van der Waals surface area contributed by atoms with Gasteiger partial charge in [-0.2, -0.15) is 0 Å². The van der Waals surface area contributed by atoms with E-state index in [9.17, 15) is 14.7 Å². The summed E-state index contributed by atoms with van der Waals surface area (Å²) in [6, 6.07) is 6.90. The summed E-state index contributed by atoms with van der Waals surface area (Å²) in [5.41, 5.74) is 0.804. The van der Waals surface area contributed by atoms with Gasteiger partial charge >= 0.3 is 12.0 Å². The Hall–Kier alpha value is -2.24. The fourth-order valence-electron chi connectivity index (χ4n) is 3.55. The van der Waals surface area contributed by atoms with E-state index in [1.54, 1.807) is 29.2 Å². The van der Waals surface area contributed by atoms with Crippen molar-refractivity contribution in [2.24, 2.45) is 5.92 Å². The molecule has 6 heteroatoms. The fraction of sp³-hybridized carbons (Fsp3) is 0.529. The second-order valence-electron chi connectivity index (χ2n) is 6.17. The lowest BCUT2D eigenvalue weighted by Crippen LogP contribution is -2.42. The van der Waals surface area contributed by atoms with Crippen LogP contribution in [0.1, 0.15) is 25.7 Å². The van der Waals surface area contributed by atoms with Gasteiger partial charge in [-0.05, 0) is 49.9 Å². The molecule has 1 saturated heterocycles. The zero-order valence-corrected chi connectivity index (χ0v) is 13.3. The van der Waals surface area contributed by atoms with Gasteiger partial charge in [0.1, 0.15) is 5.75 Å². The van der Waals surface area contributed by atoms with E-state index in [-0.39, 0.29) is 29.7 Å². The molecule has 0 spiro atoms. The molecule has 0 radical (unpaired) electrons. The van der Waals surface area contributed by atoms with Crippen LogP contribution < -0.4 is 4.90 Å². The maximum Gasteiger partial charge on any atom is 0.324 e. The molecule has 23 heavy (non-hydrogen) atoms. The van der Waals surface area contributed by atoms with E-state index in [1.165, 1.54) is 7.11 Å². The number of carbonyl (C=O) groups is 2. The number of amides is 2. The number of anilines is 1. The summed E-state index contributed by atoms with van der Waals surface area (Å²) < 4.78 is 4.81. The predicted molar refractivity (Wildman–Crippen MR) is 85.3 cm³/mol. The number of rotatable bonds is 3. The van der Waals surface area contributed by atoms with Crippen LogP contribution in [0.2, 0.25) is 0 Å². The van der Waals surface area contributed by atoms with Crippen molar-refractivity contribution >= 4 is 17.7 Å². The quantitative estimate of drug-likeness (QED) is 0.869. The van der Waals surface area contributed by atoms with Crippen molar-refractivity contribution in [3.63, 3.8) is 0 Å². The molecule has 0 atom stereocenters. The number of ether oxygens (including phenoxy) is 1. The number of carbonyl (C=O) groups excluding carboxylic acids is 2. The van der Waals surface area contributed by atoms with Gasteiger partial charge in [-0.1, -0.05) is 0 Å². The number of hydrogen-bond donors (Lipinski definition) is 1. The lowest BCUT2D eigenvalue weighted by atomic mass is 9.85. The Morgan fingerprint density at radius 1 is 1.13 bits per heavy atom. The SMILES string of the molecule is COC(=O)[C@H]1CC[C@H](N2CCN(c3ccc(O)cc3)C2=O)CC1. The number of phenols is 1. The zero-order chi connectivity index (χ0) is 16.4. The van der Waals surface area contributed by atoms with Crippen LogP contribution in [-0.4, -0.2) is 48.2 Å². The highest BCUT2D eigenvalue weighted by atomic mass is 16.5. The molecule has 0 aromatic heterocycles. The first-order chi connectivity index (χ1) is 11.1. The van der Waals surface area contributed by atoms with Crippen LogP contribution in [0, 0.1) is 5.92 Å². The largest absolute Gasteiger partial charge is 0.508 e. The lowest BCUT2D eigenvalue weighted by Gasteiger charge is -2.33. The first-order valence-electron chi connectivity index (χ1n) is 8.05. The molecule has 2 fully saturated rings. The van der Waals surface area contributed by atoms with Gasteiger partial charge < -0.3 is 14.7 Å². The van der Waals surface area contributed by atoms with Gasteiger partial charge in [0.25, 0.3) is 0 Å². The van der Waals surface area contributed by atoms with Crippen molar-refractivity contribution in [2.45, 2.75) is 31.7 Å². The van der Waals surface area contributed by atoms with Gasteiger partial charge in [-0.25, -0.2) is 4.79 Å². The number of nitrogens with zero attached hydrogens (tertiary/aromatic N) is 2. The summed E-state index contributed by atoms with van der Waals surface area (Å²) >= 11 is 0. The number of urea groups is 1. The summed E-state index contributed by atoms with van der Waals surface area (Å²) in [5.74, 6) is 0.0301. The standard InChI is InChI=1S/C17H22N2O4/c1-23-16(21)12-2-4-13(5-3-12)18-10-11-19(17(18)22)14-6-8-15(20)9-7-14/h6-9,12-13,20H,2-5,10-11H2,1H3/t12-,13-. The lowest BCUT2D eigenvalue weighted by molar-refractivity contribution is -0.146. The number of esters is 1.